The fraction of sp³-hybridized carbons (Fsp3) is 0.656. The Morgan fingerprint density at radius 1 is 0.950 bits per heavy atom. The van der Waals surface area contributed by atoms with E-state index in [0.717, 1.165) is 51.4 Å². The largest absolute Gasteiger partial charge is 0.359 e. The highest BCUT2D eigenvalue weighted by Gasteiger charge is 2.73. The molecule has 7 nitrogen and oxygen atoms in total. The maximum atomic E-state index is 14.4. The Balaban J connectivity index is 1.32. The molecule has 0 unspecified atom stereocenters. The summed E-state index contributed by atoms with van der Waals surface area (Å²) in [5.74, 6) is -1.02. The molecule has 5 aliphatic rings. The number of anilines is 1. The van der Waals surface area contributed by atoms with Crippen molar-refractivity contribution in [3.05, 3.63) is 41.4 Å². The van der Waals surface area contributed by atoms with Gasteiger partial charge in [-0.1, -0.05) is 82.5 Å². The second-order valence-electron chi connectivity index (χ2n) is 12.8. The van der Waals surface area contributed by atoms with Crippen LogP contribution in [0.15, 0.2) is 36.4 Å². The molecule has 0 radical (unpaired) electrons. The zero-order chi connectivity index (χ0) is 28.0. The Morgan fingerprint density at radius 2 is 1.65 bits per heavy atom. The summed E-state index contributed by atoms with van der Waals surface area (Å²) in [6.07, 6.45) is 13.8. The number of benzene rings is 1. The molecule has 1 spiro atoms. The molecule has 8 heteroatoms. The van der Waals surface area contributed by atoms with Crippen molar-refractivity contribution in [2.45, 2.75) is 108 Å². The predicted octanol–water partition coefficient (Wildman–Crippen LogP) is 5.48. The van der Waals surface area contributed by atoms with Crippen molar-refractivity contribution in [3.63, 3.8) is 0 Å². The lowest BCUT2D eigenvalue weighted by Crippen LogP contribution is -2.59. The van der Waals surface area contributed by atoms with Gasteiger partial charge in [-0.25, -0.2) is 0 Å². The van der Waals surface area contributed by atoms with Gasteiger partial charge in [0.1, 0.15) is 11.6 Å². The van der Waals surface area contributed by atoms with Crippen molar-refractivity contribution in [1.29, 1.82) is 0 Å². The number of carbonyl (C=O) groups is 3. The van der Waals surface area contributed by atoms with Gasteiger partial charge >= 0.3 is 0 Å². The molecule has 216 valence electrons. The summed E-state index contributed by atoms with van der Waals surface area (Å²) in [5, 5.41) is 6.94. The van der Waals surface area contributed by atoms with Crippen LogP contribution in [-0.4, -0.2) is 52.5 Å². The van der Waals surface area contributed by atoms with E-state index < -0.39 is 29.6 Å². The number of fused-ring (bicyclic) bond motifs is 1. The normalized spacial score (nSPS) is 37.6. The van der Waals surface area contributed by atoms with Crippen molar-refractivity contribution < 1.29 is 19.1 Å². The van der Waals surface area contributed by atoms with E-state index in [2.05, 4.69) is 24.5 Å². The number of ether oxygens (including phenoxy) is 1. The Bertz CT molecular complexity index is 1160. The zero-order valence-electron chi connectivity index (χ0n) is 23.6. The molecule has 2 bridgehead atoms. The fourth-order valence-electron chi connectivity index (χ4n) is 8.12. The number of hydrogen-bond donors (Lipinski definition) is 2. The van der Waals surface area contributed by atoms with E-state index >= 15 is 0 Å². The van der Waals surface area contributed by atoms with Gasteiger partial charge in [-0.3, -0.25) is 14.4 Å². The molecule has 4 fully saturated rings. The quantitative estimate of drug-likeness (QED) is 0.461. The topological polar surface area (TPSA) is 87.7 Å². The first-order chi connectivity index (χ1) is 19.3. The lowest BCUT2D eigenvalue weighted by molar-refractivity contribution is -0.144. The summed E-state index contributed by atoms with van der Waals surface area (Å²) < 4.78 is 6.58. The standard InChI is InChI=1S/C32H42ClN3O4/c1-19-9-8-12-24(20(19)2)35-30(38)28-32-18-17-25(40-32)26(29(37)34-22-15-13-21(33)14-16-22)27(32)31(39)36(28)23-10-6-4-3-5-7-11-23/h13-20,23-28H,3-12H2,1-2H3,(H,34,37)(H,35,38)/t19-,20-,24+,25+,26-,27+,28+,32+/m1/s1. The van der Waals surface area contributed by atoms with Crippen LogP contribution >= 0.6 is 11.6 Å². The van der Waals surface area contributed by atoms with Gasteiger partial charge in [-0.15, -0.1) is 0 Å². The lowest BCUT2D eigenvalue weighted by atomic mass is 9.73. The minimum absolute atomic E-state index is 0.0257. The molecule has 3 aliphatic heterocycles. The molecule has 1 aromatic rings. The van der Waals surface area contributed by atoms with Gasteiger partial charge in [0.2, 0.25) is 17.7 Å². The summed E-state index contributed by atoms with van der Waals surface area (Å²) >= 11 is 6.03. The number of halogens is 1. The van der Waals surface area contributed by atoms with Crippen LogP contribution in [0.25, 0.3) is 0 Å². The third-order valence-corrected chi connectivity index (χ3v) is 10.7. The average molecular weight is 568 g/mol. The molecular weight excluding hydrogens is 526 g/mol. The van der Waals surface area contributed by atoms with Gasteiger partial charge in [0.05, 0.1) is 17.9 Å². The van der Waals surface area contributed by atoms with Crippen LogP contribution in [0.4, 0.5) is 5.69 Å². The number of hydrogen-bond acceptors (Lipinski definition) is 4. The molecular formula is C32H42ClN3O4. The summed E-state index contributed by atoms with van der Waals surface area (Å²) in [7, 11) is 0. The van der Waals surface area contributed by atoms with Crippen molar-refractivity contribution in [3.8, 4) is 0 Å². The van der Waals surface area contributed by atoms with E-state index in [9.17, 15) is 14.4 Å². The van der Waals surface area contributed by atoms with Gasteiger partial charge in [-0.05, 0) is 55.4 Å². The summed E-state index contributed by atoms with van der Waals surface area (Å²) in [5.41, 5.74) is -0.507. The van der Waals surface area contributed by atoms with E-state index in [4.69, 9.17) is 16.3 Å². The van der Waals surface area contributed by atoms with E-state index in [1.165, 1.54) is 12.8 Å². The van der Waals surface area contributed by atoms with Crippen LogP contribution < -0.4 is 10.6 Å². The first-order valence-electron chi connectivity index (χ1n) is 15.4. The maximum absolute atomic E-state index is 14.4. The molecule has 2 saturated carbocycles. The van der Waals surface area contributed by atoms with Gasteiger partial charge in [0, 0.05) is 22.8 Å². The van der Waals surface area contributed by atoms with Gasteiger partial charge in [-0.2, -0.15) is 0 Å². The second-order valence-corrected chi connectivity index (χ2v) is 13.3. The van der Waals surface area contributed by atoms with Gasteiger partial charge in [0.15, 0.2) is 0 Å². The Kier molecular flexibility index (Phi) is 7.73. The first kappa shape index (κ1) is 27.8. The van der Waals surface area contributed by atoms with E-state index in [1.807, 2.05) is 17.1 Å². The Hall–Kier alpha value is -2.38. The molecule has 2 saturated heterocycles. The highest BCUT2D eigenvalue weighted by molar-refractivity contribution is 6.30. The summed E-state index contributed by atoms with van der Waals surface area (Å²) in [6.45, 7) is 4.48. The van der Waals surface area contributed by atoms with E-state index in [-0.39, 0.29) is 29.8 Å². The fourth-order valence-corrected chi connectivity index (χ4v) is 8.24. The molecule has 2 aliphatic carbocycles. The number of nitrogens with one attached hydrogen (secondary N) is 2. The zero-order valence-corrected chi connectivity index (χ0v) is 24.4. The minimum Gasteiger partial charge on any atom is -0.359 e. The predicted molar refractivity (Wildman–Crippen MR) is 155 cm³/mol. The molecule has 3 amide bonds. The highest BCUT2D eigenvalue weighted by Crippen LogP contribution is 2.56. The smallest absolute Gasteiger partial charge is 0.246 e. The SMILES string of the molecule is C[C@@H]1[C@H](C)CCC[C@@H]1NC(=O)[C@@H]1N(C2CCCCCCC2)C(=O)[C@@H]2[C@H](C(=O)Nc3ccc(Cl)cc3)[C@@H]3C=C[C@]21O3. The molecule has 2 N–H and O–H groups in total. The van der Waals surface area contributed by atoms with Crippen LogP contribution in [0.3, 0.4) is 0 Å². The number of rotatable bonds is 5. The Labute approximate surface area is 242 Å². The molecule has 3 heterocycles. The Morgan fingerprint density at radius 3 is 2.38 bits per heavy atom. The van der Waals surface area contributed by atoms with Crippen LogP contribution in [-0.2, 0) is 19.1 Å². The molecule has 40 heavy (non-hydrogen) atoms. The number of amides is 3. The third-order valence-electron chi connectivity index (χ3n) is 10.5. The van der Waals surface area contributed by atoms with Crippen molar-refractivity contribution in [2.24, 2.45) is 23.7 Å². The minimum atomic E-state index is -1.13. The van der Waals surface area contributed by atoms with Crippen molar-refractivity contribution in [2.75, 3.05) is 5.32 Å². The number of nitrogens with zero attached hydrogens (tertiary/aromatic N) is 1. The van der Waals surface area contributed by atoms with E-state index in [1.54, 1.807) is 24.3 Å². The van der Waals surface area contributed by atoms with Crippen LogP contribution in [0.5, 0.6) is 0 Å². The molecule has 6 rings (SSSR count). The summed E-state index contributed by atoms with van der Waals surface area (Å²) in [4.78, 5) is 44.3. The maximum Gasteiger partial charge on any atom is 0.246 e. The van der Waals surface area contributed by atoms with Crippen LogP contribution in [0, 0.1) is 23.7 Å². The first-order valence-corrected chi connectivity index (χ1v) is 15.7. The number of likely N-dealkylation sites (tertiary alicyclic amines) is 1. The average Bonchev–Trinajstić information content (AvgIpc) is 3.55. The van der Waals surface area contributed by atoms with Crippen molar-refractivity contribution in [1.82, 2.24) is 10.2 Å². The third kappa shape index (κ3) is 4.77. The molecule has 1 aromatic carbocycles. The molecule has 0 aromatic heterocycles. The summed E-state index contributed by atoms with van der Waals surface area (Å²) in [6, 6.07) is 6.23. The second kappa shape index (κ2) is 11.1. The number of carbonyl (C=O) groups excluding carboxylic acids is 3. The lowest BCUT2D eigenvalue weighted by Gasteiger charge is -2.40. The van der Waals surface area contributed by atoms with E-state index in [0.29, 0.717) is 22.5 Å². The van der Waals surface area contributed by atoms with Gasteiger partial charge in [0.25, 0.3) is 0 Å². The monoisotopic (exact) mass is 567 g/mol. The van der Waals surface area contributed by atoms with Gasteiger partial charge < -0.3 is 20.3 Å². The van der Waals surface area contributed by atoms with Crippen molar-refractivity contribution >= 4 is 35.0 Å². The van der Waals surface area contributed by atoms with Crippen LogP contribution in [0.2, 0.25) is 5.02 Å². The highest BCUT2D eigenvalue weighted by atomic mass is 35.5. The molecule has 8 atom stereocenters. The van der Waals surface area contributed by atoms with Crippen LogP contribution in [0.1, 0.15) is 78.1 Å².